The molecule has 5 rings (SSSR count). The molecule has 0 radical (unpaired) electrons. The highest BCUT2D eigenvalue weighted by atomic mass is 35.5. The highest BCUT2D eigenvalue weighted by molar-refractivity contribution is 7.16. The van der Waals surface area contributed by atoms with Crippen LogP contribution in [0.15, 0.2) is 47.3 Å². The van der Waals surface area contributed by atoms with Crippen LogP contribution in [-0.4, -0.2) is 76.8 Å². The number of hydrogen-bond acceptors (Lipinski definition) is 7. The molecule has 0 saturated carbocycles. The summed E-state index contributed by atoms with van der Waals surface area (Å²) in [5.74, 6) is 0.774. The van der Waals surface area contributed by atoms with E-state index in [4.69, 9.17) is 16.3 Å². The lowest BCUT2D eigenvalue weighted by Gasteiger charge is -2.48. The highest BCUT2D eigenvalue weighted by Crippen LogP contribution is 2.24. The van der Waals surface area contributed by atoms with Gasteiger partial charge in [-0.05, 0) is 36.4 Å². The van der Waals surface area contributed by atoms with E-state index < -0.39 is 0 Å². The summed E-state index contributed by atoms with van der Waals surface area (Å²) in [5.41, 5.74) is 2.88. The van der Waals surface area contributed by atoms with E-state index in [-0.39, 0.29) is 11.8 Å². The van der Waals surface area contributed by atoms with Gasteiger partial charge in [0.15, 0.2) is 0 Å². The number of amides is 2. The number of hydrogen-bond donors (Lipinski definition) is 0. The minimum absolute atomic E-state index is 0.00734. The van der Waals surface area contributed by atoms with Crippen LogP contribution >= 0.6 is 34.3 Å². The molecule has 2 aromatic heterocycles. The average molecular weight is 503 g/mol. The monoisotopic (exact) mass is 502 g/mol. The Labute approximate surface area is 205 Å². The van der Waals surface area contributed by atoms with Crippen molar-refractivity contribution in [1.82, 2.24) is 19.7 Å². The molecule has 10 heteroatoms. The van der Waals surface area contributed by atoms with Crippen molar-refractivity contribution in [2.45, 2.75) is 12.6 Å². The van der Waals surface area contributed by atoms with Crippen LogP contribution in [0.1, 0.15) is 25.7 Å². The summed E-state index contributed by atoms with van der Waals surface area (Å²) in [7, 11) is 0. The molecule has 0 unspecified atom stereocenters. The van der Waals surface area contributed by atoms with Gasteiger partial charge >= 0.3 is 0 Å². The first-order chi connectivity index (χ1) is 16.1. The standard InChI is InChI=1S/C23H23ClN4O3S2/c24-21-6-5-19(33-21)13-31-18-3-1-16(2-4-18)22(29)28-11-17(12-28)26-7-9-27(10-8-26)23(30)20-14-32-15-25-20/h1-6,14-15,17H,7-13H2. The normalized spacial score (nSPS) is 17.1. The molecule has 33 heavy (non-hydrogen) atoms. The van der Waals surface area contributed by atoms with Gasteiger partial charge in [0.2, 0.25) is 0 Å². The summed E-state index contributed by atoms with van der Waals surface area (Å²) in [6.07, 6.45) is 0. The van der Waals surface area contributed by atoms with E-state index in [9.17, 15) is 9.59 Å². The van der Waals surface area contributed by atoms with Crippen molar-refractivity contribution in [1.29, 1.82) is 0 Å². The third kappa shape index (κ3) is 5.06. The fourth-order valence-corrected chi connectivity index (χ4v) is 5.61. The molecule has 172 valence electrons. The second kappa shape index (κ2) is 9.80. The number of likely N-dealkylation sites (tertiary alicyclic amines) is 1. The number of thiazole rings is 1. The number of rotatable bonds is 6. The maximum absolute atomic E-state index is 12.8. The summed E-state index contributed by atoms with van der Waals surface area (Å²) >= 11 is 8.88. The SMILES string of the molecule is O=C(c1ccc(OCc2ccc(Cl)s2)cc1)N1CC(N2CCN(C(=O)c3cscn3)CC2)C1. The molecule has 0 aliphatic carbocycles. The number of piperazine rings is 1. The van der Waals surface area contributed by atoms with Gasteiger partial charge in [-0.3, -0.25) is 14.5 Å². The fourth-order valence-electron chi connectivity index (χ4n) is 4.08. The lowest BCUT2D eigenvalue weighted by molar-refractivity contribution is 0.00844. The van der Waals surface area contributed by atoms with Crippen molar-refractivity contribution < 1.29 is 14.3 Å². The van der Waals surface area contributed by atoms with Crippen LogP contribution in [0.2, 0.25) is 4.34 Å². The molecule has 7 nitrogen and oxygen atoms in total. The van der Waals surface area contributed by atoms with Gasteiger partial charge in [-0.15, -0.1) is 22.7 Å². The quantitative estimate of drug-likeness (QED) is 0.514. The van der Waals surface area contributed by atoms with E-state index in [0.29, 0.717) is 37.0 Å². The first-order valence-electron chi connectivity index (χ1n) is 10.7. The molecule has 2 saturated heterocycles. The number of benzene rings is 1. The zero-order valence-corrected chi connectivity index (χ0v) is 20.2. The summed E-state index contributed by atoms with van der Waals surface area (Å²) in [6, 6.07) is 11.4. The Hall–Kier alpha value is -2.46. The van der Waals surface area contributed by atoms with E-state index in [1.807, 2.05) is 46.2 Å². The van der Waals surface area contributed by atoms with Gasteiger partial charge in [-0.2, -0.15) is 0 Å². The Morgan fingerprint density at radius 2 is 1.76 bits per heavy atom. The van der Waals surface area contributed by atoms with Gasteiger partial charge in [0.05, 0.1) is 9.85 Å². The van der Waals surface area contributed by atoms with Gasteiger partial charge in [0, 0.05) is 61.1 Å². The van der Waals surface area contributed by atoms with Crippen molar-refractivity contribution in [3.05, 3.63) is 67.8 Å². The number of ether oxygens (including phenoxy) is 1. The summed E-state index contributed by atoms with van der Waals surface area (Å²) < 4.78 is 6.52. The minimum atomic E-state index is 0.00734. The number of halogens is 1. The lowest BCUT2D eigenvalue weighted by atomic mass is 10.0. The molecular formula is C23H23ClN4O3S2. The molecule has 0 spiro atoms. The molecule has 4 heterocycles. The second-order valence-electron chi connectivity index (χ2n) is 8.08. The van der Waals surface area contributed by atoms with E-state index in [0.717, 1.165) is 41.1 Å². The van der Waals surface area contributed by atoms with Crippen LogP contribution in [0.5, 0.6) is 5.75 Å². The number of carbonyl (C=O) groups excluding carboxylic acids is 2. The number of nitrogens with zero attached hydrogens (tertiary/aromatic N) is 4. The minimum Gasteiger partial charge on any atom is -0.488 e. The molecule has 1 aromatic carbocycles. The van der Waals surface area contributed by atoms with Crippen molar-refractivity contribution >= 4 is 46.1 Å². The van der Waals surface area contributed by atoms with Crippen LogP contribution in [-0.2, 0) is 6.61 Å². The summed E-state index contributed by atoms with van der Waals surface area (Å²) in [5, 5.41) is 1.79. The smallest absolute Gasteiger partial charge is 0.273 e. The molecule has 0 atom stereocenters. The van der Waals surface area contributed by atoms with Crippen LogP contribution in [0.3, 0.4) is 0 Å². The summed E-state index contributed by atoms with van der Waals surface area (Å²) in [4.78, 5) is 36.6. The molecule has 3 aromatic rings. The molecule has 2 amide bonds. The lowest BCUT2D eigenvalue weighted by Crippen LogP contribution is -2.64. The van der Waals surface area contributed by atoms with E-state index in [1.165, 1.54) is 22.7 Å². The number of carbonyl (C=O) groups is 2. The Bertz CT molecular complexity index is 1110. The van der Waals surface area contributed by atoms with E-state index >= 15 is 0 Å². The fraction of sp³-hybridized carbons (Fsp3) is 0.348. The van der Waals surface area contributed by atoms with Crippen LogP contribution in [0.4, 0.5) is 0 Å². The second-order valence-corrected chi connectivity index (χ2v) is 10.6. The number of aromatic nitrogens is 1. The predicted molar refractivity (Wildman–Crippen MR) is 129 cm³/mol. The average Bonchev–Trinajstić information content (AvgIpc) is 3.49. The molecule has 2 aliphatic heterocycles. The first kappa shape index (κ1) is 22.3. The number of thiophene rings is 1. The predicted octanol–water partition coefficient (Wildman–Crippen LogP) is 3.72. The molecule has 0 N–H and O–H groups in total. The Morgan fingerprint density at radius 1 is 1.00 bits per heavy atom. The third-order valence-corrected chi connectivity index (χ3v) is 7.82. The Morgan fingerprint density at radius 3 is 2.39 bits per heavy atom. The van der Waals surface area contributed by atoms with E-state index in [2.05, 4.69) is 9.88 Å². The highest BCUT2D eigenvalue weighted by Gasteiger charge is 2.37. The van der Waals surface area contributed by atoms with Gasteiger partial charge in [0.1, 0.15) is 18.1 Å². The van der Waals surface area contributed by atoms with Crippen molar-refractivity contribution in [3.63, 3.8) is 0 Å². The van der Waals surface area contributed by atoms with Crippen LogP contribution in [0.25, 0.3) is 0 Å². The van der Waals surface area contributed by atoms with Crippen molar-refractivity contribution in [2.24, 2.45) is 0 Å². The van der Waals surface area contributed by atoms with Crippen molar-refractivity contribution in [2.75, 3.05) is 39.3 Å². The third-order valence-electron chi connectivity index (χ3n) is 6.03. The van der Waals surface area contributed by atoms with E-state index in [1.54, 1.807) is 10.9 Å². The van der Waals surface area contributed by atoms with Crippen LogP contribution in [0, 0.1) is 0 Å². The molecule has 0 bridgehead atoms. The molecule has 2 fully saturated rings. The zero-order chi connectivity index (χ0) is 22.8. The first-order valence-corrected chi connectivity index (χ1v) is 12.9. The molecular weight excluding hydrogens is 480 g/mol. The molecule has 2 aliphatic rings. The van der Waals surface area contributed by atoms with Gasteiger partial charge in [0.25, 0.3) is 11.8 Å². The maximum Gasteiger partial charge on any atom is 0.273 e. The largest absolute Gasteiger partial charge is 0.488 e. The summed E-state index contributed by atoms with van der Waals surface area (Å²) in [6.45, 7) is 4.93. The Kier molecular flexibility index (Phi) is 6.64. The van der Waals surface area contributed by atoms with Gasteiger partial charge in [-0.25, -0.2) is 4.98 Å². The zero-order valence-electron chi connectivity index (χ0n) is 17.9. The van der Waals surface area contributed by atoms with Crippen LogP contribution < -0.4 is 4.74 Å². The topological polar surface area (TPSA) is 66.0 Å². The van der Waals surface area contributed by atoms with Gasteiger partial charge in [-0.1, -0.05) is 11.6 Å². The van der Waals surface area contributed by atoms with Crippen molar-refractivity contribution in [3.8, 4) is 5.75 Å². The Balaban J connectivity index is 1.07. The van der Waals surface area contributed by atoms with Gasteiger partial charge < -0.3 is 14.5 Å². The maximum atomic E-state index is 12.8.